The minimum atomic E-state index is -1.05. The molecule has 104 valence electrons. The molecule has 1 heterocycles. The monoisotopic (exact) mass is 402 g/mol. The van der Waals surface area contributed by atoms with E-state index in [4.69, 9.17) is 5.11 Å². The molecule has 0 unspecified atom stereocenters. The van der Waals surface area contributed by atoms with Gasteiger partial charge in [-0.3, -0.25) is 10.1 Å². The van der Waals surface area contributed by atoms with E-state index in [1.165, 1.54) is 18.3 Å². The van der Waals surface area contributed by atoms with Crippen molar-refractivity contribution in [3.05, 3.63) is 60.8 Å². The zero-order valence-electron chi connectivity index (χ0n) is 9.92. The predicted molar refractivity (Wildman–Crippen MR) is 79.0 cm³/mol. The zero-order chi connectivity index (χ0) is 14.9. The Kier molecular flexibility index (Phi) is 4.24. The Hall–Kier alpha value is -1.67. The highest BCUT2D eigenvalue weighted by atomic mass is 79.9. The molecule has 0 spiro atoms. The molecule has 8 heteroatoms. The van der Waals surface area contributed by atoms with Gasteiger partial charge in [-0.05, 0) is 34.1 Å². The third-order valence-corrected chi connectivity index (χ3v) is 3.85. The van der Waals surface area contributed by atoms with Gasteiger partial charge in [0.2, 0.25) is 0 Å². The van der Waals surface area contributed by atoms with Crippen LogP contribution < -0.4 is 0 Å². The molecule has 0 radical (unpaired) electrons. The summed E-state index contributed by atoms with van der Waals surface area (Å²) < 4.78 is 2.76. The molecule has 6 nitrogen and oxygen atoms in total. The number of carboxylic acids is 1. The van der Waals surface area contributed by atoms with Crippen LogP contribution in [0.15, 0.2) is 39.5 Å². The number of nitrogens with zero attached hydrogens (tertiary/aromatic N) is 2. The number of rotatable bonds is 4. The summed E-state index contributed by atoms with van der Waals surface area (Å²) in [4.78, 5) is 21.5. The standard InChI is InChI=1S/C12H8Br2N2O4/c13-9-2-1-7(10(4-9)16(19)20)5-15-6-8(12(17)18)3-11(15)14/h1-4,6H,5H2,(H,17,18). The third kappa shape index (κ3) is 3.07. The number of hydrogen-bond donors (Lipinski definition) is 1. The number of aromatic carboxylic acids is 1. The van der Waals surface area contributed by atoms with Gasteiger partial charge in [0.15, 0.2) is 0 Å². The molecule has 0 amide bonds. The first-order valence-electron chi connectivity index (χ1n) is 5.40. The van der Waals surface area contributed by atoms with Crippen LogP contribution in [0.3, 0.4) is 0 Å². The fourth-order valence-electron chi connectivity index (χ4n) is 1.74. The molecule has 1 N–H and O–H groups in total. The fourth-order valence-corrected chi connectivity index (χ4v) is 2.56. The second-order valence-electron chi connectivity index (χ2n) is 4.01. The van der Waals surface area contributed by atoms with Crippen molar-refractivity contribution in [1.82, 2.24) is 4.57 Å². The highest BCUT2D eigenvalue weighted by Gasteiger charge is 2.16. The lowest BCUT2D eigenvalue weighted by Gasteiger charge is -2.06. The van der Waals surface area contributed by atoms with Gasteiger partial charge >= 0.3 is 5.97 Å². The van der Waals surface area contributed by atoms with Crippen LogP contribution in [0.4, 0.5) is 5.69 Å². The van der Waals surface area contributed by atoms with Crippen LogP contribution in [-0.4, -0.2) is 20.6 Å². The molecular weight excluding hydrogens is 396 g/mol. The van der Waals surface area contributed by atoms with E-state index in [1.807, 2.05) is 0 Å². The number of hydrogen-bond acceptors (Lipinski definition) is 3. The van der Waals surface area contributed by atoms with Crippen LogP contribution in [0.5, 0.6) is 0 Å². The van der Waals surface area contributed by atoms with Crippen molar-refractivity contribution in [2.75, 3.05) is 0 Å². The molecular formula is C12H8Br2N2O4. The number of benzene rings is 1. The normalized spacial score (nSPS) is 10.5. The average Bonchev–Trinajstić information content (AvgIpc) is 2.73. The molecule has 20 heavy (non-hydrogen) atoms. The number of carbonyl (C=O) groups is 1. The second-order valence-corrected chi connectivity index (χ2v) is 5.74. The van der Waals surface area contributed by atoms with Gasteiger partial charge in [0.05, 0.1) is 21.6 Å². The summed E-state index contributed by atoms with van der Waals surface area (Å²) in [6, 6.07) is 6.21. The van der Waals surface area contributed by atoms with Crippen molar-refractivity contribution in [3.63, 3.8) is 0 Å². The zero-order valence-corrected chi connectivity index (χ0v) is 13.1. The highest BCUT2D eigenvalue weighted by Crippen LogP contribution is 2.26. The lowest BCUT2D eigenvalue weighted by molar-refractivity contribution is -0.385. The number of nitro benzene ring substituents is 1. The number of carboxylic acid groups (broad SMARTS) is 1. The van der Waals surface area contributed by atoms with Crippen molar-refractivity contribution in [2.45, 2.75) is 6.54 Å². The second kappa shape index (κ2) is 5.76. The van der Waals surface area contributed by atoms with Crippen molar-refractivity contribution < 1.29 is 14.8 Å². The molecule has 0 bridgehead atoms. The summed E-state index contributed by atoms with van der Waals surface area (Å²) in [5.74, 6) is -1.05. The van der Waals surface area contributed by atoms with Crippen LogP contribution in [0.1, 0.15) is 15.9 Å². The smallest absolute Gasteiger partial charge is 0.337 e. The molecule has 0 aliphatic rings. The van der Waals surface area contributed by atoms with E-state index in [-0.39, 0.29) is 17.8 Å². The maximum absolute atomic E-state index is 11.0. The summed E-state index contributed by atoms with van der Waals surface area (Å²) in [6.45, 7) is 0.206. The van der Waals surface area contributed by atoms with E-state index < -0.39 is 10.9 Å². The van der Waals surface area contributed by atoms with Gasteiger partial charge < -0.3 is 9.67 Å². The molecule has 0 fully saturated rings. The molecule has 0 atom stereocenters. The minimum Gasteiger partial charge on any atom is -0.478 e. The number of nitro groups is 1. The van der Waals surface area contributed by atoms with E-state index in [0.29, 0.717) is 14.6 Å². The van der Waals surface area contributed by atoms with Gasteiger partial charge in [0, 0.05) is 22.3 Å². The van der Waals surface area contributed by atoms with Crippen LogP contribution >= 0.6 is 31.9 Å². The van der Waals surface area contributed by atoms with Crippen molar-refractivity contribution in [3.8, 4) is 0 Å². The maximum atomic E-state index is 11.0. The predicted octanol–water partition coefficient (Wildman–Crippen LogP) is 3.67. The molecule has 0 saturated heterocycles. The minimum absolute atomic E-state index is 0.0168. The molecule has 0 saturated carbocycles. The summed E-state index contributed by atoms with van der Waals surface area (Å²) in [5.41, 5.74) is 0.597. The maximum Gasteiger partial charge on any atom is 0.337 e. The van der Waals surface area contributed by atoms with Crippen LogP contribution in [0.2, 0.25) is 0 Å². The Bertz CT molecular complexity index is 697. The summed E-state index contributed by atoms with van der Waals surface area (Å²) >= 11 is 6.43. The first-order chi connectivity index (χ1) is 9.38. The van der Waals surface area contributed by atoms with Crippen molar-refractivity contribution in [1.29, 1.82) is 0 Å². The molecule has 1 aromatic heterocycles. The Balaban J connectivity index is 2.39. The quantitative estimate of drug-likeness (QED) is 0.623. The summed E-state index contributed by atoms with van der Waals surface area (Å²) in [7, 11) is 0. The topological polar surface area (TPSA) is 85.4 Å². The molecule has 2 rings (SSSR count). The molecule has 0 aliphatic heterocycles. The number of aromatic nitrogens is 1. The summed E-state index contributed by atoms with van der Waals surface area (Å²) in [5, 5.41) is 20.0. The van der Waals surface area contributed by atoms with Gasteiger partial charge in [-0.15, -0.1) is 0 Å². The Morgan fingerprint density at radius 3 is 2.60 bits per heavy atom. The van der Waals surface area contributed by atoms with Gasteiger partial charge in [-0.1, -0.05) is 15.9 Å². The molecule has 1 aromatic carbocycles. The first kappa shape index (κ1) is 14.7. The highest BCUT2D eigenvalue weighted by molar-refractivity contribution is 9.10. The lowest BCUT2D eigenvalue weighted by atomic mass is 10.2. The largest absolute Gasteiger partial charge is 0.478 e. The van der Waals surface area contributed by atoms with E-state index in [1.54, 1.807) is 16.7 Å². The van der Waals surface area contributed by atoms with Crippen LogP contribution in [0, 0.1) is 10.1 Å². The van der Waals surface area contributed by atoms with Crippen LogP contribution in [-0.2, 0) is 6.54 Å². The van der Waals surface area contributed by atoms with Gasteiger partial charge in [-0.2, -0.15) is 0 Å². The average molecular weight is 404 g/mol. The number of halogens is 2. The fraction of sp³-hybridized carbons (Fsp3) is 0.0833. The Morgan fingerprint density at radius 2 is 2.05 bits per heavy atom. The van der Waals surface area contributed by atoms with Gasteiger partial charge in [0.25, 0.3) is 5.69 Å². The van der Waals surface area contributed by atoms with Crippen molar-refractivity contribution in [2.24, 2.45) is 0 Å². The van der Waals surface area contributed by atoms with Crippen molar-refractivity contribution >= 4 is 43.5 Å². The third-order valence-electron chi connectivity index (χ3n) is 2.68. The van der Waals surface area contributed by atoms with E-state index in [2.05, 4.69) is 31.9 Å². The SMILES string of the molecule is O=C(O)c1cc(Br)n(Cc2ccc(Br)cc2[N+](=O)[O-])c1. The van der Waals surface area contributed by atoms with Gasteiger partial charge in [0.1, 0.15) is 0 Å². The van der Waals surface area contributed by atoms with E-state index >= 15 is 0 Å². The molecule has 0 aliphatic carbocycles. The van der Waals surface area contributed by atoms with E-state index in [9.17, 15) is 14.9 Å². The first-order valence-corrected chi connectivity index (χ1v) is 6.99. The van der Waals surface area contributed by atoms with Gasteiger partial charge in [-0.25, -0.2) is 4.79 Å². The Labute approximate surface area is 130 Å². The van der Waals surface area contributed by atoms with Crippen LogP contribution in [0.25, 0.3) is 0 Å². The lowest BCUT2D eigenvalue weighted by Crippen LogP contribution is -2.03. The summed E-state index contributed by atoms with van der Waals surface area (Å²) in [6.07, 6.45) is 1.43. The Morgan fingerprint density at radius 1 is 1.35 bits per heavy atom. The van der Waals surface area contributed by atoms with E-state index in [0.717, 1.165) is 0 Å². The molecule has 2 aromatic rings.